The van der Waals surface area contributed by atoms with Gasteiger partial charge in [-0.05, 0) is 54.1 Å². The Bertz CT molecular complexity index is 1320. The Morgan fingerprint density at radius 1 is 1.06 bits per heavy atom. The molecule has 0 saturated heterocycles. The molecule has 3 aromatic carbocycles. The number of hydrogen-bond donors (Lipinski definition) is 1. The van der Waals surface area contributed by atoms with Crippen LogP contribution in [0.3, 0.4) is 0 Å². The van der Waals surface area contributed by atoms with Crippen molar-refractivity contribution in [3.63, 3.8) is 0 Å². The van der Waals surface area contributed by atoms with Gasteiger partial charge < -0.3 is 10.1 Å². The van der Waals surface area contributed by atoms with Gasteiger partial charge in [-0.2, -0.15) is 0 Å². The van der Waals surface area contributed by atoms with E-state index in [0.29, 0.717) is 22.1 Å². The van der Waals surface area contributed by atoms with Crippen LogP contribution in [0, 0.1) is 5.82 Å². The Labute approximate surface area is 205 Å². The molecule has 35 heavy (non-hydrogen) atoms. The summed E-state index contributed by atoms with van der Waals surface area (Å²) < 4.78 is 18.2. The summed E-state index contributed by atoms with van der Waals surface area (Å²) in [6.45, 7) is 0. The van der Waals surface area contributed by atoms with Gasteiger partial charge in [-0.3, -0.25) is 14.5 Å². The smallest absolute Gasteiger partial charge is 0.337 e. The van der Waals surface area contributed by atoms with Crippen molar-refractivity contribution in [2.24, 2.45) is 4.99 Å². The number of amides is 2. The predicted molar refractivity (Wildman–Crippen MR) is 135 cm³/mol. The van der Waals surface area contributed by atoms with E-state index in [2.05, 4.69) is 10.3 Å². The molecule has 0 fully saturated rings. The molecular formula is C26H20FN3O4S. The van der Waals surface area contributed by atoms with Crippen LogP contribution in [-0.2, 0) is 14.3 Å². The summed E-state index contributed by atoms with van der Waals surface area (Å²) in [5.74, 6) is -1.73. The lowest BCUT2D eigenvalue weighted by molar-refractivity contribution is -0.114. The van der Waals surface area contributed by atoms with Gasteiger partial charge in [-0.1, -0.05) is 48.2 Å². The number of carbonyl (C=O) groups excluding carboxylic acids is 3. The van der Waals surface area contributed by atoms with Crippen LogP contribution in [0.1, 0.15) is 15.9 Å². The van der Waals surface area contributed by atoms with Gasteiger partial charge in [0.15, 0.2) is 5.17 Å². The molecule has 4 rings (SSSR count). The molecule has 0 aliphatic carbocycles. The summed E-state index contributed by atoms with van der Waals surface area (Å²) in [4.78, 5) is 43.3. The van der Waals surface area contributed by atoms with E-state index < -0.39 is 11.8 Å². The van der Waals surface area contributed by atoms with Crippen molar-refractivity contribution in [1.29, 1.82) is 0 Å². The van der Waals surface area contributed by atoms with E-state index in [4.69, 9.17) is 4.74 Å². The molecule has 0 aromatic heterocycles. The Morgan fingerprint density at radius 2 is 1.80 bits per heavy atom. The molecule has 0 spiro atoms. The van der Waals surface area contributed by atoms with Gasteiger partial charge >= 0.3 is 5.97 Å². The van der Waals surface area contributed by atoms with E-state index in [1.165, 1.54) is 42.3 Å². The van der Waals surface area contributed by atoms with Crippen molar-refractivity contribution in [3.05, 3.63) is 102 Å². The highest BCUT2D eigenvalue weighted by molar-refractivity contribution is 8.14. The summed E-state index contributed by atoms with van der Waals surface area (Å²) in [5.41, 5.74) is 2.18. The van der Waals surface area contributed by atoms with Crippen LogP contribution in [-0.4, -0.2) is 35.8 Å². The molecule has 1 aliphatic heterocycles. The van der Waals surface area contributed by atoms with E-state index in [-0.39, 0.29) is 23.3 Å². The number of anilines is 2. The Morgan fingerprint density at radius 3 is 2.51 bits per heavy atom. The van der Waals surface area contributed by atoms with Gasteiger partial charge in [0.05, 0.1) is 24.1 Å². The zero-order chi connectivity index (χ0) is 24.8. The predicted octanol–water partition coefficient (Wildman–Crippen LogP) is 4.73. The molecular weight excluding hydrogens is 469 g/mol. The van der Waals surface area contributed by atoms with Crippen LogP contribution in [0.4, 0.5) is 15.8 Å². The second-order valence-corrected chi connectivity index (χ2v) is 8.30. The summed E-state index contributed by atoms with van der Waals surface area (Å²) in [6.07, 6.45) is 1.66. The summed E-state index contributed by atoms with van der Waals surface area (Å²) in [5, 5.41) is 3.01. The number of hydrogen-bond acceptors (Lipinski definition) is 6. The van der Waals surface area contributed by atoms with Crippen LogP contribution < -0.4 is 10.2 Å². The van der Waals surface area contributed by atoms with E-state index in [0.717, 1.165) is 17.3 Å². The van der Waals surface area contributed by atoms with Crippen LogP contribution in [0.15, 0.2) is 89.6 Å². The first kappa shape index (κ1) is 23.9. The number of amidine groups is 1. The van der Waals surface area contributed by atoms with Gasteiger partial charge in [-0.15, -0.1) is 0 Å². The first-order valence-corrected chi connectivity index (χ1v) is 11.5. The van der Waals surface area contributed by atoms with Crippen molar-refractivity contribution in [2.45, 2.75) is 0 Å². The number of nitrogens with one attached hydrogen (secondary N) is 1. The normalized spacial score (nSPS) is 14.1. The molecule has 7 nitrogen and oxygen atoms in total. The Balaban J connectivity index is 1.53. The van der Waals surface area contributed by atoms with E-state index in [1.54, 1.807) is 24.3 Å². The minimum Gasteiger partial charge on any atom is -0.465 e. The largest absolute Gasteiger partial charge is 0.465 e. The molecule has 2 amide bonds. The van der Waals surface area contributed by atoms with Crippen molar-refractivity contribution in [3.8, 4) is 0 Å². The molecule has 0 bridgehead atoms. The number of thioether (sulfide) groups is 1. The van der Waals surface area contributed by atoms with Crippen LogP contribution in [0.25, 0.3) is 6.08 Å². The summed E-state index contributed by atoms with van der Waals surface area (Å²) in [6, 6.07) is 21.1. The standard InChI is InChI=1S/C26H20FN3O4S/c1-34-25(33)18-8-5-9-20(15-18)28-23(31)16-35-26-29-22(14-17-6-3-2-4-7-17)24(32)30(26)21-12-10-19(27)11-13-21/h2-15H,16H2,1H3,(H,28,31)/b22-14-. The average Bonchev–Trinajstić information content (AvgIpc) is 3.18. The fraction of sp³-hybridized carbons (Fsp3) is 0.0769. The first-order valence-electron chi connectivity index (χ1n) is 10.5. The highest BCUT2D eigenvalue weighted by Gasteiger charge is 2.32. The summed E-state index contributed by atoms with van der Waals surface area (Å²) >= 11 is 1.07. The van der Waals surface area contributed by atoms with Crippen LogP contribution in [0.2, 0.25) is 0 Å². The minimum absolute atomic E-state index is 0.0507. The third-order valence-electron chi connectivity index (χ3n) is 4.92. The van der Waals surface area contributed by atoms with Crippen molar-refractivity contribution in [2.75, 3.05) is 23.1 Å². The van der Waals surface area contributed by atoms with Crippen LogP contribution in [0.5, 0.6) is 0 Å². The van der Waals surface area contributed by atoms with Crippen molar-refractivity contribution >= 4 is 52.2 Å². The molecule has 0 saturated carbocycles. The van der Waals surface area contributed by atoms with E-state index >= 15 is 0 Å². The van der Waals surface area contributed by atoms with Crippen molar-refractivity contribution in [1.82, 2.24) is 0 Å². The lowest BCUT2D eigenvalue weighted by Crippen LogP contribution is -2.31. The van der Waals surface area contributed by atoms with Gasteiger partial charge in [0.1, 0.15) is 11.5 Å². The van der Waals surface area contributed by atoms with E-state index in [1.807, 2.05) is 30.3 Å². The van der Waals surface area contributed by atoms with Gasteiger partial charge in [0.25, 0.3) is 5.91 Å². The minimum atomic E-state index is -0.512. The lowest BCUT2D eigenvalue weighted by atomic mass is 10.2. The number of nitrogens with zero attached hydrogens (tertiary/aromatic N) is 2. The number of benzene rings is 3. The third kappa shape index (κ3) is 5.82. The van der Waals surface area contributed by atoms with Crippen molar-refractivity contribution < 1.29 is 23.5 Å². The average molecular weight is 490 g/mol. The van der Waals surface area contributed by atoms with Gasteiger partial charge in [-0.25, -0.2) is 14.2 Å². The zero-order valence-electron chi connectivity index (χ0n) is 18.6. The molecule has 1 heterocycles. The number of esters is 1. The number of carbonyl (C=O) groups is 3. The number of halogens is 1. The number of ether oxygens (including phenoxy) is 1. The fourth-order valence-corrected chi connectivity index (χ4v) is 4.10. The molecule has 1 aliphatic rings. The summed E-state index contributed by atoms with van der Waals surface area (Å²) in [7, 11) is 1.28. The Hall–Kier alpha value is -4.24. The molecule has 0 radical (unpaired) electrons. The Kier molecular flexibility index (Phi) is 7.37. The fourth-order valence-electron chi connectivity index (χ4n) is 3.29. The molecule has 1 N–H and O–H groups in total. The molecule has 9 heteroatoms. The molecule has 0 atom stereocenters. The topological polar surface area (TPSA) is 88.1 Å². The monoisotopic (exact) mass is 489 g/mol. The molecule has 176 valence electrons. The maximum absolute atomic E-state index is 13.5. The highest BCUT2D eigenvalue weighted by atomic mass is 32.2. The van der Waals surface area contributed by atoms with Gasteiger partial charge in [0, 0.05) is 5.69 Å². The first-order chi connectivity index (χ1) is 16.9. The zero-order valence-corrected chi connectivity index (χ0v) is 19.4. The SMILES string of the molecule is COC(=O)c1cccc(NC(=O)CSC2=N/C(=C\c3ccccc3)C(=O)N2c2ccc(F)cc2)c1. The lowest BCUT2D eigenvalue weighted by Gasteiger charge is -2.17. The number of methoxy groups -OCH3 is 1. The highest BCUT2D eigenvalue weighted by Crippen LogP contribution is 2.29. The quantitative estimate of drug-likeness (QED) is 0.400. The number of aliphatic imine (C=N–C) groups is 1. The van der Waals surface area contributed by atoms with E-state index in [9.17, 15) is 18.8 Å². The number of rotatable bonds is 6. The third-order valence-corrected chi connectivity index (χ3v) is 5.86. The maximum Gasteiger partial charge on any atom is 0.337 e. The van der Waals surface area contributed by atoms with Gasteiger partial charge in [0.2, 0.25) is 5.91 Å². The maximum atomic E-state index is 13.5. The second kappa shape index (κ2) is 10.8. The molecule has 0 unspecified atom stereocenters. The second-order valence-electron chi connectivity index (χ2n) is 7.36. The van der Waals surface area contributed by atoms with Crippen LogP contribution >= 0.6 is 11.8 Å². The molecule has 3 aromatic rings.